The number of benzene rings is 1. The van der Waals surface area contributed by atoms with Gasteiger partial charge in [0.05, 0.1) is 11.3 Å². The first-order chi connectivity index (χ1) is 11.1. The number of primary amides is 1. The molecule has 0 unspecified atom stereocenters. The van der Waals surface area contributed by atoms with Crippen LogP contribution >= 0.6 is 11.3 Å². The summed E-state index contributed by atoms with van der Waals surface area (Å²) in [6.07, 6.45) is 1.53. The monoisotopic (exact) mass is 335 g/mol. The maximum Gasteiger partial charge on any atom is 0.204 e. The van der Waals surface area contributed by atoms with Gasteiger partial charge in [0, 0.05) is 43.5 Å². The summed E-state index contributed by atoms with van der Waals surface area (Å²) < 4.78 is 5.33. The number of aromatic nitrogens is 1. The van der Waals surface area contributed by atoms with Crippen LogP contribution in [-0.4, -0.2) is 29.7 Å². The molecule has 0 saturated carbocycles. The number of carbonyl (C=O) groups is 1. The Labute approximate surface area is 139 Å². The molecular weight excluding hydrogens is 314 g/mol. The number of ether oxygens (including phenoxy) is 1. The van der Waals surface area contributed by atoms with Gasteiger partial charge in [-0.3, -0.25) is 4.79 Å². The molecule has 124 valence electrons. The van der Waals surface area contributed by atoms with E-state index in [2.05, 4.69) is 10.7 Å². The van der Waals surface area contributed by atoms with Crippen molar-refractivity contribution >= 4 is 17.7 Å². The molecule has 1 aliphatic rings. The summed E-state index contributed by atoms with van der Waals surface area (Å²) in [4.78, 5) is 13.1. The predicted octanol–water partition coefficient (Wildman–Crippen LogP) is 1.37. The number of amides is 1. The Bertz CT molecular complexity index is 639. The highest BCUT2D eigenvalue weighted by atomic mass is 32.1. The summed E-state index contributed by atoms with van der Waals surface area (Å²) in [5, 5.41) is 13.7. The Morgan fingerprint density at radius 2 is 2.09 bits per heavy atom. The molecule has 1 amide bonds. The van der Waals surface area contributed by atoms with E-state index in [9.17, 15) is 5.11 Å². The van der Waals surface area contributed by atoms with Gasteiger partial charge in [0.15, 0.2) is 0 Å². The van der Waals surface area contributed by atoms with Crippen LogP contribution < -0.4 is 11.5 Å². The molecule has 1 saturated heterocycles. The number of rotatable bonds is 3. The van der Waals surface area contributed by atoms with Crippen LogP contribution in [0.4, 0.5) is 0 Å². The third kappa shape index (κ3) is 4.35. The van der Waals surface area contributed by atoms with Crippen molar-refractivity contribution in [2.45, 2.75) is 25.0 Å². The Kier molecular flexibility index (Phi) is 6.23. The summed E-state index contributed by atoms with van der Waals surface area (Å²) in [5.41, 5.74) is 11.9. The summed E-state index contributed by atoms with van der Waals surface area (Å²) >= 11 is 1.57. The number of thiazole rings is 1. The van der Waals surface area contributed by atoms with Gasteiger partial charge in [-0.2, -0.15) is 0 Å². The fraction of sp³-hybridized carbons (Fsp3) is 0.375. The molecule has 0 radical (unpaired) electrons. The zero-order valence-corrected chi connectivity index (χ0v) is 13.6. The van der Waals surface area contributed by atoms with Gasteiger partial charge < -0.3 is 21.3 Å². The molecule has 1 aliphatic heterocycles. The van der Waals surface area contributed by atoms with E-state index in [0.29, 0.717) is 32.6 Å². The predicted molar refractivity (Wildman–Crippen MR) is 89.6 cm³/mol. The molecule has 3 rings (SSSR count). The smallest absolute Gasteiger partial charge is 0.204 e. The van der Waals surface area contributed by atoms with Gasteiger partial charge in [-0.05, 0) is 11.6 Å². The molecule has 0 aliphatic carbocycles. The molecule has 0 spiro atoms. The largest absolute Gasteiger partial charge is 0.385 e. The van der Waals surface area contributed by atoms with Gasteiger partial charge in [0.2, 0.25) is 6.41 Å². The topological polar surface area (TPSA) is 111 Å². The second-order valence-corrected chi connectivity index (χ2v) is 6.13. The highest BCUT2D eigenvalue weighted by molar-refractivity contribution is 7.09. The molecule has 1 aromatic carbocycles. The van der Waals surface area contributed by atoms with E-state index < -0.39 is 5.60 Å². The molecule has 5 N–H and O–H groups in total. The molecule has 2 aromatic rings. The quantitative estimate of drug-likeness (QED) is 0.734. The van der Waals surface area contributed by atoms with Crippen molar-refractivity contribution in [2.75, 3.05) is 13.2 Å². The minimum absolute atomic E-state index is 0.250. The third-order valence-electron chi connectivity index (χ3n) is 3.74. The highest BCUT2D eigenvalue weighted by Gasteiger charge is 2.31. The average Bonchev–Trinajstić information content (AvgIpc) is 3.06. The van der Waals surface area contributed by atoms with Crippen LogP contribution in [-0.2, 0) is 21.7 Å². The standard InChI is InChI=1S/C15H18N2O2S.CH3NO/c16-9-14-17-13(10-20-14)11-2-1-3-12(8-11)15(18)4-6-19-7-5-15;2-1-3/h1-3,8,10,18H,4-7,9,16H2;1H,(H2,2,3). The fourth-order valence-electron chi connectivity index (χ4n) is 2.50. The van der Waals surface area contributed by atoms with Crippen LogP contribution in [0.2, 0.25) is 0 Å². The van der Waals surface area contributed by atoms with Gasteiger partial charge >= 0.3 is 0 Å². The fourth-order valence-corrected chi connectivity index (χ4v) is 3.19. The molecule has 0 atom stereocenters. The second kappa shape index (κ2) is 8.16. The van der Waals surface area contributed by atoms with Crippen LogP contribution in [0.3, 0.4) is 0 Å². The minimum atomic E-state index is -0.777. The van der Waals surface area contributed by atoms with Gasteiger partial charge in [-0.25, -0.2) is 4.98 Å². The average molecular weight is 335 g/mol. The minimum Gasteiger partial charge on any atom is -0.385 e. The van der Waals surface area contributed by atoms with Crippen molar-refractivity contribution in [1.29, 1.82) is 0 Å². The van der Waals surface area contributed by atoms with Crippen molar-refractivity contribution in [1.82, 2.24) is 4.98 Å². The lowest BCUT2D eigenvalue weighted by Gasteiger charge is -2.32. The van der Waals surface area contributed by atoms with Gasteiger partial charge in [-0.15, -0.1) is 11.3 Å². The van der Waals surface area contributed by atoms with Crippen molar-refractivity contribution < 1.29 is 14.6 Å². The molecule has 1 fully saturated rings. The zero-order valence-electron chi connectivity index (χ0n) is 12.8. The number of hydrogen-bond acceptors (Lipinski definition) is 6. The molecule has 6 nitrogen and oxygen atoms in total. The van der Waals surface area contributed by atoms with E-state index in [4.69, 9.17) is 15.3 Å². The van der Waals surface area contributed by atoms with E-state index in [1.165, 1.54) is 0 Å². The number of carbonyl (C=O) groups excluding carboxylic acids is 1. The lowest BCUT2D eigenvalue weighted by molar-refractivity contribution is -0.106. The van der Waals surface area contributed by atoms with E-state index in [0.717, 1.165) is 21.8 Å². The van der Waals surface area contributed by atoms with Crippen molar-refractivity contribution in [3.05, 3.63) is 40.2 Å². The van der Waals surface area contributed by atoms with Crippen molar-refractivity contribution in [3.8, 4) is 11.3 Å². The van der Waals surface area contributed by atoms with Crippen molar-refractivity contribution in [2.24, 2.45) is 11.5 Å². The zero-order chi connectivity index (χ0) is 16.7. The van der Waals surface area contributed by atoms with Crippen LogP contribution in [0.1, 0.15) is 23.4 Å². The number of nitrogens with two attached hydrogens (primary N) is 2. The summed E-state index contributed by atoms with van der Waals surface area (Å²) in [7, 11) is 0. The van der Waals surface area contributed by atoms with E-state index in [-0.39, 0.29) is 6.41 Å². The lowest BCUT2D eigenvalue weighted by Crippen LogP contribution is -2.33. The first-order valence-corrected chi connectivity index (χ1v) is 8.22. The Balaban J connectivity index is 0.000000595. The molecule has 0 bridgehead atoms. The Morgan fingerprint density at radius 1 is 1.39 bits per heavy atom. The van der Waals surface area contributed by atoms with Crippen LogP contribution in [0, 0.1) is 0 Å². The van der Waals surface area contributed by atoms with Gasteiger partial charge in [-0.1, -0.05) is 18.2 Å². The highest BCUT2D eigenvalue weighted by Crippen LogP contribution is 2.34. The normalized spacial score (nSPS) is 16.3. The maximum atomic E-state index is 10.7. The molecule has 7 heteroatoms. The first kappa shape index (κ1) is 17.6. The van der Waals surface area contributed by atoms with Crippen molar-refractivity contribution in [3.63, 3.8) is 0 Å². The van der Waals surface area contributed by atoms with E-state index in [1.807, 2.05) is 29.6 Å². The van der Waals surface area contributed by atoms with E-state index >= 15 is 0 Å². The van der Waals surface area contributed by atoms with Crippen LogP contribution in [0.25, 0.3) is 11.3 Å². The molecule has 23 heavy (non-hydrogen) atoms. The second-order valence-electron chi connectivity index (χ2n) is 5.19. The SMILES string of the molecule is NC=O.NCc1nc(-c2cccc(C3(O)CCOCC3)c2)cs1. The maximum absolute atomic E-state index is 10.7. The summed E-state index contributed by atoms with van der Waals surface area (Å²) in [6, 6.07) is 7.99. The third-order valence-corrected chi connectivity index (χ3v) is 4.61. The number of nitrogens with zero attached hydrogens (tertiary/aromatic N) is 1. The lowest BCUT2D eigenvalue weighted by atomic mass is 9.85. The first-order valence-electron chi connectivity index (χ1n) is 7.34. The van der Waals surface area contributed by atoms with Gasteiger partial charge in [0.25, 0.3) is 0 Å². The van der Waals surface area contributed by atoms with Crippen LogP contribution in [0.15, 0.2) is 29.6 Å². The van der Waals surface area contributed by atoms with Gasteiger partial charge in [0.1, 0.15) is 5.01 Å². The Hall–Kier alpha value is -1.80. The molecule has 2 heterocycles. The summed E-state index contributed by atoms with van der Waals surface area (Å²) in [5.74, 6) is 0. The molecular formula is C16H21N3O3S. The number of aliphatic hydroxyl groups is 1. The van der Waals surface area contributed by atoms with E-state index in [1.54, 1.807) is 11.3 Å². The molecule has 1 aromatic heterocycles. The number of hydrogen-bond donors (Lipinski definition) is 3. The Morgan fingerprint density at radius 3 is 2.70 bits per heavy atom. The summed E-state index contributed by atoms with van der Waals surface area (Å²) in [6.45, 7) is 1.68. The van der Waals surface area contributed by atoms with Crippen LogP contribution in [0.5, 0.6) is 0 Å².